The first-order valence-corrected chi connectivity index (χ1v) is 9.02. The second-order valence-corrected chi connectivity index (χ2v) is 7.54. The van der Waals surface area contributed by atoms with Crippen LogP contribution in [-0.4, -0.2) is 16.4 Å². The van der Waals surface area contributed by atoms with Crippen LogP contribution in [0.2, 0.25) is 0 Å². The molecule has 2 aromatic carbocycles. The minimum absolute atomic E-state index is 0.0953. The van der Waals surface area contributed by atoms with Crippen molar-refractivity contribution in [1.29, 1.82) is 0 Å². The smallest absolute Gasteiger partial charge is 0.276 e. The van der Waals surface area contributed by atoms with Gasteiger partial charge in [-0.25, -0.2) is 0 Å². The first-order valence-electron chi connectivity index (χ1n) is 6.92. The number of hydrogen-bond donors (Lipinski definition) is 0. The summed E-state index contributed by atoms with van der Waals surface area (Å²) in [6.07, 6.45) is 0. The minimum Gasteiger partial charge on any atom is -0.489 e. The molecule has 0 unspecified atom stereocenters. The highest BCUT2D eigenvalue weighted by Crippen LogP contribution is 2.45. The summed E-state index contributed by atoms with van der Waals surface area (Å²) in [6.45, 7) is 0.198. The van der Waals surface area contributed by atoms with Crippen molar-refractivity contribution in [2.24, 2.45) is 0 Å². The van der Waals surface area contributed by atoms with Crippen LogP contribution in [0.5, 0.6) is 5.75 Å². The predicted molar refractivity (Wildman–Crippen MR) is 91.5 cm³/mol. The summed E-state index contributed by atoms with van der Waals surface area (Å²) in [4.78, 5) is 10.6. The summed E-state index contributed by atoms with van der Waals surface area (Å²) >= 11 is 3.93. The van der Waals surface area contributed by atoms with Crippen LogP contribution in [0.15, 0.2) is 48.5 Å². The minimum atomic E-state index is -0.379. The van der Waals surface area contributed by atoms with Crippen molar-refractivity contribution in [3.05, 3.63) is 69.8 Å². The van der Waals surface area contributed by atoms with Gasteiger partial charge in [-0.3, -0.25) is 10.1 Å². The molecule has 0 saturated carbocycles. The molecule has 0 amide bonds. The van der Waals surface area contributed by atoms with Crippen LogP contribution in [0, 0.1) is 10.1 Å². The quantitative estimate of drug-likeness (QED) is 0.589. The number of ether oxygens (including phenoxy) is 1. The summed E-state index contributed by atoms with van der Waals surface area (Å²) in [5.74, 6) is 3.13. The Morgan fingerprint density at radius 3 is 2.45 bits per heavy atom. The van der Waals surface area contributed by atoms with E-state index in [0.29, 0.717) is 10.1 Å². The molecule has 0 N–H and O–H groups in total. The van der Waals surface area contributed by atoms with Crippen LogP contribution in [0.3, 0.4) is 0 Å². The summed E-state index contributed by atoms with van der Waals surface area (Å²) in [7, 11) is 0. The molecule has 0 aromatic heterocycles. The first kappa shape index (κ1) is 15.2. The maximum absolute atomic E-state index is 11.0. The van der Waals surface area contributed by atoms with E-state index in [4.69, 9.17) is 4.74 Å². The average Bonchev–Trinajstić information content (AvgIpc) is 3.08. The van der Waals surface area contributed by atoms with Crippen LogP contribution < -0.4 is 4.74 Å². The van der Waals surface area contributed by atoms with Crippen molar-refractivity contribution in [2.75, 3.05) is 11.5 Å². The zero-order valence-electron chi connectivity index (χ0n) is 11.8. The van der Waals surface area contributed by atoms with Gasteiger partial charge in [0.05, 0.1) is 15.1 Å². The van der Waals surface area contributed by atoms with Crippen molar-refractivity contribution in [3.8, 4) is 5.75 Å². The highest BCUT2D eigenvalue weighted by atomic mass is 32.2. The zero-order chi connectivity index (χ0) is 15.4. The monoisotopic (exact) mass is 333 g/mol. The summed E-state index contributed by atoms with van der Waals surface area (Å²) < 4.78 is 6.20. The van der Waals surface area contributed by atoms with Gasteiger partial charge in [-0.2, -0.15) is 0 Å². The second kappa shape index (κ2) is 7.07. The highest BCUT2D eigenvalue weighted by Gasteiger charge is 2.18. The van der Waals surface area contributed by atoms with Crippen LogP contribution >= 0.6 is 23.5 Å². The van der Waals surface area contributed by atoms with Crippen LogP contribution in [0.1, 0.15) is 15.7 Å². The largest absolute Gasteiger partial charge is 0.489 e. The molecule has 2 aromatic rings. The maximum atomic E-state index is 11.0. The summed E-state index contributed by atoms with van der Waals surface area (Å²) in [5.41, 5.74) is 1.97. The Kier molecular flexibility index (Phi) is 4.90. The van der Waals surface area contributed by atoms with Gasteiger partial charge < -0.3 is 4.74 Å². The zero-order valence-corrected chi connectivity index (χ0v) is 13.4. The van der Waals surface area contributed by atoms with E-state index in [2.05, 4.69) is 12.1 Å². The Balaban J connectivity index is 1.65. The molecule has 1 fully saturated rings. The Hall–Kier alpha value is -1.66. The highest BCUT2D eigenvalue weighted by molar-refractivity contribution is 8.19. The van der Waals surface area contributed by atoms with Crippen LogP contribution in [-0.2, 0) is 6.61 Å². The number of benzene rings is 2. The van der Waals surface area contributed by atoms with Crippen molar-refractivity contribution in [1.82, 2.24) is 0 Å². The lowest BCUT2D eigenvalue weighted by molar-refractivity contribution is -0.385. The Bertz CT molecular complexity index is 655. The molecule has 4 nitrogen and oxygen atoms in total. The molecule has 1 heterocycles. The van der Waals surface area contributed by atoms with Crippen LogP contribution in [0.25, 0.3) is 0 Å². The predicted octanol–water partition coefficient (Wildman–Crippen LogP) is 4.65. The number of nitro groups is 1. The fourth-order valence-corrected chi connectivity index (χ4v) is 5.10. The fourth-order valence-electron chi connectivity index (χ4n) is 2.24. The molecule has 6 heteroatoms. The molecule has 114 valence electrons. The van der Waals surface area contributed by atoms with Crippen molar-refractivity contribution in [2.45, 2.75) is 11.2 Å². The number of rotatable bonds is 5. The molecule has 0 aliphatic carbocycles. The average molecular weight is 333 g/mol. The van der Waals surface area contributed by atoms with Gasteiger partial charge in [0.1, 0.15) is 12.4 Å². The van der Waals surface area contributed by atoms with E-state index in [1.54, 1.807) is 18.2 Å². The molecule has 0 radical (unpaired) electrons. The van der Waals surface area contributed by atoms with Crippen molar-refractivity contribution < 1.29 is 9.66 Å². The van der Waals surface area contributed by atoms with Gasteiger partial charge in [0, 0.05) is 17.6 Å². The fraction of sp³-hybridized carbons (Fsp3) is 0.250. The van der Waals surface area contributed by atoms with Crippen LogP contribution in [0.4, 0.5) is 5.69 Å². The first-order chi connectivity index (χ1) is 10.7. The molecule has 0 spiro atoms. The van der Waals surface area contributed by atoms with Gasteiger partial charge in [0.15, 0.2) is 0 Å². The normalized spacial score (nSPS) is 14.9. The van der Waals surface area contributed by atoms with E-state index in [-0.39, 0.29) is 17.2 Å². The molecule has 0 bridgehead atoms. The molecule has 0 atom stereocenters. The molecule has 1 aliphatic rings. The van der Waals surface area contributed by atoms with Gasteiger partial charge in [0.2, 0.25) is 0 Å². The van der Waals surface area contributed by atoms with E-state index < -0.39 is 0 Å². The second-order valence-electron chi connectivity index (χ2n) is 4.82. The Labute approximate surface area is 137 Å². The number of hydrogen-bond acceptors (Lipinski definition) is 5. The third-order valence-corrected chi connectivity index (χ3v) is 6.46. The third-order valence-electron chi connectivity index (χ3n) is 3.36. The SMILES string of the molecule is O=[N+]([O-])c1ccccc1COc1ccc(C2SCCS2)cc1. The van der Waals surface area contributed by atoms with E-state index in [0.717, 1.165) is 5.75 Å². The number of nitro benzene ring substituents is 1. The van der Waals surface area contributed by atoms with E-state index in [9.17, 15) is 10.1 Å². The van der Waals surface area contributed by atoms with Gasteiger partial charge in [0.25, 0.3) is 5.69 Å². The Morgan fingerprint density at radius 2 is 1.77 bits per heavy atom. The van der Waals surface area contributed by atoms with Gasteiger partial charge >= 0.3 is 0 Å². The van der Waals surface area contributed by atoms with Gasteiger partial charge in [-0.15, -0.1) is 23.5 Å². The molecule has 1 aliphatic heterocycles. The number of nitrogens with zero attached hydrogens (tertiary/aromatic N) is 1. The lowest BCUT2D eigenvalue weighted by Gasteiger charge is -2.10. The Morgan fingerprint density at radius 1 is 1.09 bits per heavy atom. The third kappa shape index (κ3) is 3.56. The summed E-state index contributed by atoms with van der Waals surface area (Å²) in [6, 6.07) is 14.7. The molecule has 3 rings (SSSR count). The van der Waals surface area contributed by atoms with E-state index in [1.165, 1.54) is 23.1 Å². The van der Waals surface area contributed by atoms with Gasteiger partial charge in [-0.05, 0) is 23.8 Å². The standard InChI is InChI=1S/C16H15NO3S2/c18-17(19)15-4-2-1-3-13(15)11-20-14-7-5-12(6-8-14)16-21-9-10-22-16/h1-8,16H,9-11H2. The molecule has 22 heavy (non-hydrogen) atoms. The molecular formula is C16H15NO3S2. The molecule has 1 saturated heterocycles. The molecular weight excluding hydrogens is 318 g/mol. The number of para-hydroxylation sites is 1. The van der Waals surface area contributed by atoms with E-state index in [1.807, 2.05) is 35.7 Å². The van der Waals surface area contributed by atoms with Crippen molar-refractivity contribution >= 4 is 29.2 Å². The summed E-state index contributed by atoms with van der Waals surface area (Å²) in [5, 5.41) is 11.0. The maximum Gasteiger partial charge on any atom is 0.276 e. The van der Waals surface area contributed by atoms with Gasteiger partial charge in [-0.1, -0.05) is 24.3 Å². The number of thioether (sulfide) groups is 2. The topological polar surface area (TPSA) is 52.4 Å². The lowest BCUT2D eigenvalue weighted by atomic mass is 10.2. The lowest BCUT2D eigenvalue weighted by Crippen LogP contribution is -2.00. The van der Waals surface area contributed by atoms with Crippen molar-refractivity contribution in [3.63, 3.8) is 0 Å². The van der Waals surface area contributed by atoms with E-state index >= 15 is 0 Å².